The minimum absolute atomic E-state index is 0.0363. The lowest BCUT2D eigenvalue weighted by Gasteiger charge is -2.23. The number of likely N-dealkylation sites (N-methyl/N-ethyl adjacent to an activating group) is 1. The summed E-state index contributed by atoms with van der Waals surface area (Å²) in [6, 6.07) is 7.79. The van der Waals surface area contributed by atoms with Crippen LogP contribution in [-0.2, 0) is 11.2 Å². The van der Waals surface area contributed by atoms with E-state index in [-0.39, 0.29) is 12.0 Å². The van der Waals surface area contributed by atoms with Crippen molar-refractivity contribution in [3.05, 3.63) is 29.8 Å². The molecule has 2 N–H and O–H groups in total. The maximum absolute atomic E-state index is 12.2. The molecule has 4 nitrogen and oxygen atoms in total. The number of benzene rings is 1. The van der Waals surface area contributed by atoms with Crippen LogP contribution < -0.4 is 10.5 Å². The molecule has 92 valence electrons. The fourth-order valence-electron chi connectivity index (χ4n) is 2.10. The van der Waals surface area contributed by atoms with Gasteiger partial charge in [-0.25, -0.2) is 0 Å². The van der Waals surface area contributed by atoms with Gasteiger partial charge in [-0.05, 0) is 18.6 Å². The third-order valence-electron chi connectivity index (χ3n) is 3.01. The Morgan fingerprint density at radius 2 is 2.29 bits per heavy atom. The number of amides is 1. The third-order valence-corrected chi connectivity index (χ3v) is 3.01. The first-order valence-electron chi connectivity index (χ1n) is 5.99. The van der Waals surface area contributed by atoms with E-state index in [1.165, 1.54) is 0 Å². The molecular weight excluding hydrogens is 216 g/mol. The molecule has 1 aliphatic heterocycles. The highest BCUT2D eigenvalue weighted by atomic mass is 16.5. The van der Waals surface area contributed by atoms with Crippen molar-refractivity contribution in [1.82, 2.24) is 4.90 Å². The van der Waals surface area contributed by atoms with Crippen LogP contribution in [0.4, 0.5) is 0 Å². The predicted octanol–water partition coefficient (Wildman–Crippen LogP) is 0.797. The molecule has 1 atom stereocenters. The molecule has 1 unspecified atom stereocenters. The Morgan fingerprint density at radius 1 is 1.53 bits per heavy atom. The molecule has 0 bridgehead atoms. The monoisotopic (exact) mass is 234 g/mol. The van der Waals surface area contributed by atoms with Crippen LogP contribution in [-0.4, -0.2) is 36.5 Å². The van der Waals surface area contributed by atoms with Crippen molar-refractivity contribution in [3.8, 4) is 5.75 Å². The van der Waals surface area contributed by atoms with Crippen LogP contribution >= 0.6 is 0 Å². The average molecular weight is 234 g/mol. The van der Waals surface area contributed by atoms with Gasteiger partial charge in [0.1, 0.15) is 5.75 Å². The van der Waals surface area contributed by atoms with E-state index >= 15 is 0 Å². The van der Waals surface area contributed by atoms with Crippen LogP contribution in [0.2, 0.25) is 0 Å². The molecule has 0 saturated carbocycles. The van der Waals surface area contributed by atoms with Gasteiger partial charge in [-0.2, -0.15) is 0 Å². The minimum Gasteiger partial charge on any atom is -0.480 e. The predicted molar refractivity (Wildman–Crippen MR) is 65.9 cm³/mol. The molecule has 1 amide bonds. The number of hydrogen-bond donors (Lipinski definition) is 1. The second-order valence-corrected chi connectivity index (χ2v) is 4.12. The first-order chi connectivity index (χ1) is 8.26. The summed E-state index contributed by atoms with van der Waals surface area (Å²) in [6.45, 7) is 3.70. The Balaban J connectivity index is 2.04. The van der Waals surface area contributed by atoms with Crippen molar-refractivity contribution in [2.45, 2.75) is 19.4 Å². The number of nitrogens with two attached hydrogens (primary N) is 1. The molecule has 1 aliphatic rings. The van der Waals surface area contributed by atoms with Gasteiger partial charge >= 0.3 is 0 Å². The average Bonchev–Trinajstić information content (AvgIpc) is 2.78. The number of hydrogen-bond acceptors (Lipinski definition) is 3. The van der Waals surface area contributed by atoms with Crippen LogP contribution in [0.1, 0.15) is 12.5 Å². The zero-order valence-electron chi connectivity index (χ0n) is 10.1. The molecule has 1 heterocycles. The van der Waals surface area contributed by atoms with Gasteiger partial charge in [-0.3, -0.25) is 4.79 Å². The zero-order chi connectivity index (χ0) is 12.3. The second kappa shape index (κ2) is 5.19. The first kappa shape index (κ1) is 11.9. The Labute approximate surface area is 101 Å². The van der Waals surface area contributed by atoms with Gasteiger partial charge in [0.2, 0.25) is 0 Å². The molecule has 0 spiro atoms. The summed E-state index contributed by atoms with van der Waals surface area (Å²) in [5.74, 6) is 0.865. The van der Waals surface area contributed by atoms with Crippen LogP contribution in [0.5, 0.6) is 5.75 Å². The molecule has 17 heavy (non-hydrogen) atoms. The molecule has 2 rings (SSSR count). The Morgan fingerprint density at radius 3 is 2.94 bits per heavy atom. The number of ether oxygens (including phenoxy) is 1. The van der Waals surface area contributed by atoms with Gasteiger partial charge in [-0.15, -0.1) is 0 Å². The molecule has 0 saturated heterocycles. The molecule has 4 heteroatoms. The topological polar surface area (TPSA) is 55.6 Å². The molecule has 1 aromatic carbocycles. The smallest absolute Gasteiger partial charge is 0.264 e. The fourth-order valence-corrected chi connectivity index (χ4v) is 2.10. The fraction of sp³-hybridized carbons (Fsp3) is 0.462. The summed E-state index contributed by atoms with van der Waals surface area (Å²) in [5.41, 5.74) is 6.60. The highest BCUT2D eigenvalue weighted by molar-refractivity contribution is 5.82. The number of nitrogens with zero attached hydrogens (tertiary/aromatic N) is 1. The van der Waals surface area contributed by atoms with Gasteiger partial charge in [0.15, 0.2) is 6.10 Å². The molecule has 1 aromatic rings. The molecular formula is C13H18N2O2. The van der Waals surface area contributed by atoms with Crippen molar-refractivity contribution in [1.29, 1.82) is 0 Å². The van der Waals surface area contributed by atoms with Crippen LogP contribution in [0.15, 0.2) is 24.3 Å². The largest absolute Gasteiger partial charge is 0.480 e. The maximum atomic E-state index is 12.2. The number of rotatable bonds is 4. The lowest BCUT2D eigenvalue weighted by atomic mass is 10.1. The first-order valence-corrected chi connectivity index (χ1v) is 5.99. The van der Waals surface area contributed by atoms with E-state index in [0.717, 1.165) is 11.3 Å². The van der Waals surface area contributed by atoms with E-state index < -0.39 is 0 Å². The van der Waals surface area contributed by atoms with Crippen LogP contribution in [0.3, 0.4) is 0 Å². The number of fused-ring (bicyclic) bond motifs is 1. The number of para-hydroxylation sites is 1. The van der Waals surface area contributed by atoms with Crippen molar-refractivity contribution >= 4 is 5.91 Å². The van der Waals surface area contributed by atoms with Crippen molar-refractivity contribution < 1.29 is 9.53 Å². The van der Waals surface area contributed by atoms with E-state index in [4.69, 9.17) is 10.5 Å². The summed E-state index contributed by atoms with van der Waals surface area (Å²) in [4.78, 5) is 13.9. The lowest BCUT2D eigenvalue weighted by molar-refractivity contribution is -0.137. The number of carbonyl (C=O) groups is 1. The standard InChI is InChI=1S/C13H18N2O2/c1-2-15(8-7-14)13(16)12-9-10-5-3-4-6-11(10)17-12/h3-6,12H,2,7-9,14H2,1H3. The van der Waals surface area contributed by atoms with E-state index in [9.17, 15) is 4.79 Å². The molecule has 0 fully saturated rings. The van der Waals surface area contributed by atoms with E-state index in [1.54, 1.807) is 4.90 Å². The summed E-state index contributed by atoms with van der Waals surface area (Å²) < 4.78 is 5.67. The molecule has 0 aliphatic carbocycles. The Hall–Kier alpha value is -1.55. The molecule has 0 aromatic heterocycles. The van der Waals surface area contributed by atoms with E-state index in [1.807, 2.05) is 31.2 Å². The summed E-state index contributed by atoms with van der Waals surface area (Å²) >= 11 is 0. The number of carbonyl (C=O) groups excluding carboxylic acids is 1. The summed E-state index contributed by atoms with van der Waals surface area (Å²) in [6.07, 6.45) is 0.287. The van der Waals surface area contributed by atoms with Gasteiger partial charge < -0.3 is 15.4 Å². The van der Waals surface area contributed by atoms with Gasteiger partial charge in [0.25, 0.3) is 5.91 Å². The molecule has 0 radical (unpaired) electrons. The Kier molecular flexibility index (Phi) is 3.64. The summed E-state index contributed by atoms with van der Waals surface area (Å²) in [7, 11) is 0. The lowest BCUT2D eigenvalue weighted by Crippen LogP contribution is -2.43. The van der Waals surface area contributed by atoms with Crippen molar-refractivity contribution in [2.75, 3.05) is 19.6 Å². The van der Waals surface area contributed by atoms with Gasteiger partial charge in [-0.1, -0.05) is 18.2 Å². The van der Waals surface area contributed by atoms with Crippen LogP contribution in [0, 0.1) is 0 Å². The quantitative estimate of drug-likeness (QED) is 0.838. The SMILES string of the molecule is CCN(CCN)C(=O)C1Cc2ccccc2O1. The summed E-state index contributed by atoms with van der Waals surface area (Å²) in [5, 5.41) is 0. The maximum Gasteiger partial charge on any atom is 0.264 e. The van der Waals surface area contributed by atoms with Gasteiger partial charge in [0, 0.05) is 26.1 Å². The van der Waals surface area contributed by atoms with E-state index in [0.29, 0.717) is 26.1 Å². The van der Waals surface area contributed by atoms with E-state index in [2.05, 4.69) is 0 Å². The normalized spacial score (nSPS) is 17.4. The van der Waals surface area contributed by atoms with Crippen LogP contribution in [0.25, 0.3) is 0 Å². The Bertz CT molecular complexity index is 381. The highest BCUT2D eigenvalue weighted by Gasteiger charge is 2.31. The zero-order valence-corrected chi connectivity index (χ0v) is 10.1. The minimum atomic E-state index is -0.376. The second-order valence-electron chi connectivity index (χ2n) is 4.12. The third kappa shape index (κ3) is 2.42. The van der Waals surface area contributed by atoms with Gasteiger partial charge in [0.05, 0.1) is 0 Å². The van der Waals surface area contributed by atoms with Crippen molar-refractivity contribution in [2.24, 2.45) is 5.73 Å². The van der Waals surface area contributed by atoms with Crippen molar-refractivity contribution in [3.63, 3.8) is 0 Å². The highest BCUT2D eigenvalue weighted by Crippen LogP contribution is 2.28.